The molecule has 2 aromatic heterocycles. The summed E-state index contributed by atoms with van der Waals surface area (Å²) in [7, 11) is 0. The molecule has 3 aromatic rings. The zero-order valence-electron chi connectivity index (χ0n) is 13.3. The molecular formula is C18H19N3O3. The Morgan fingerprint density at radius 3 is 2.75 bits per heavy atom. The normalized spacial score (nSPS) is 12.1. The zero-order valence-corrected chi connectivity index (χ0v) is 13.3. The second kappa shape index (κ2) is 7.14. The minimum absolute atomic E-state index is 0.0754. The molecule has 3 rings (SSSR count). The molecular weight excluding hydrogens is 306 g/mol. The molecule has 1 atom stereocenters. The predicted octanol–water partition coefficient (Wildman–Crippen LogP) is 2.49. The molecule has 2 heterocycles. The van der Waals surface area contributed by atoms with Crippen molar-refractivity contribution in [3.05, 3.63) is 71.9 Å². The van der Waals surface area contributed by atoms with Crippen molar-refractivity contribution < 1.29 is 14.3 Å². The van der Waals surface area contributed by atoms with E-state index < -0.39 is 6.10 Å². The van der Waals surface area contributed by atoms with Crippen LogP contribution >= 0.6 is 0 Å². The van der Waals surface area contributed by atoms with Crippen LogP contribution in [-0.2, 0) is 6.42 Å². The van der Waals surface area contributed by atoms with Crippen molar-refractivity contribution in [2.24, 2.45) is 0 Å². The Labute approximate surface area is 139 Å². The minimum Gasteiger partial charge on any atom is -0.467 e. The van der Waals surface area contributed by atoms with Gasteiger partial charge in [-0.25, -0.2) is 4.68 Å². The van der Waals surface area contributed by atoms with Gasteiger partial charge in [0.05, 0.1) is 35.9 Å². The topological polar surface area (TPSA) is 80.3 Å². The number of carbonyl (C=O) groups excluding carboxylic acids is 1. The summed E-state index contributed by atoms with van der Waals surface area (Å²) in [5.74, 6) is 0.158. The van der Waals surface area contributed by atoms with Crippen LogP contribution in [-0.4, -0.2) is 27.3 Å². The van der Waals surface area contributed by atoms with E-state index in [0.717, 1.165) is 11.4 Å². The number of aliphatic hydroxyl groups is 1. The summed E-state index contributed by atoms with van der Waals surface area (Å²) in [6, 6.07) is 13.0. The van der Waals surface area contributed by atoms with Crippen molar-refractivity contribution in [2.75, 3.05) is 6.54 Å². The fraction of sp³-hybridized carbons (Fsp3) is 0.222. The van der Waals surface area contributed by atoms with E-state index in [9.17, 15) is 9.90 Å². The molecule has 0 saturated carbocycles. The second-order valence-electron chi connectivity index (χ2n) is 5.35. The number of hydrogen-bond acceptors (Lipinski definition) is 4. The number of aromatic nitrogens is 2. The standard InChI is InChI=1S/C18H19N3O3/c1-2-15-14(11-20-21(15)13-7-4-3-5-8-13)18(23)19-12-16(22)17-9-6-10-24-17/h3-11,16,22H,2,12H2,1H3,(H,19,23). The lowest BCUT2D eigenvalue weighted by Gasteiger charge is -2.10. The van der Waals surface area contributed by atoms with Gasteiger partial charge in [0.1, 0.15) is 11.9 Å². The van der Waals surface area contributed by atoms with Gasteiger partial charge in [-0.3, -0.25) is 4.79 Å². The Kier molecular flexibility index (Phi) is 4.77. The Bertz CT molecular complexity index is 794. The fourth-order valence-electron chi connectivity index (χ4n) is 2.56. The van der Waals surface area contributed by atoms with Crippen molar-refractivity contribution in [3.63, 3.8) is 0 Å². The number of aliphatic hydroxyl groups excluding tert-OH is 1. The SMILES string of the molecule is CCc1c(C(=O)NCC(O)c2ccco2)cnn1-c1ccccc1. The number of amides is 1. The maximum absolute atomic E-state index is 12.4. The Balaban J connectivity index is 1.74. The van der Waals surface area contributed by atoms with Gasteiger partial charge in [0.15, 0.2) is 0 Å². The van der Waals surface area contributed by atoms with Crippen LogP contribution < -0.4 is 5.32 Å². The van der Waals surface area contributed by atoms with Gasteiger partial charge >= 0.3 is 0 Å². The van der Waals surface area contributed by atoms with Crippen LogP contribution in [0.3, 0.4) is 0 Å². The van der Waals surface area contributed by atoms with Gasteiger partial charge in [-0.1, -0.05) is 25.1 Å². The summed E-state index contributed by atoms with van der Waals surface area (Å²) in [4.78, 5) is 12.4. The lowest BCUT2D eigenvalue weighted by molar-refractivity contribution is 0.0900. The highest BCUT2D eigenvalue weighted by Gasteiger charge is 2.18. The molecule has 0 fully saturated rings. The van der Waals surface area contributed by atoms with E-state index in [-0.39, 0.29) is 12.5 Å². The number of hydrogen-bond donors (Lipinski definition) is 2. The third-order valence-corrected chi connectivity index (χ3v) is 3.78. The first-order valence-electron chi connectivity index (χ1n) is 7.82. The molecule has 0 aliphatic heterocycles. The smallest absolute Gasteiger partial charge is 0.254 e. The average Bonchev–Trinajstić information content (AvgIpc) is 3.29. The number of rotatable bonds is 6. The van der Waals surface area contributed by atoms with Crippen molar-refractivity contribution in [1.29, 1.82) is 0 Å². The number of nitrogens with zero attached hydrogens (tertiary/aromatic N) is 2. The van der Waals surface area contributed by atoms with E-state index in [1.54, 1.807) is 23.0 Å². The third kappa shape index (κ3) is 3.23. The van der Waals surface area contributed by atoms with Crippen molar-refractivity contribution in [3.8, 4) is 5.69 Å². The largest absolute Gasteiger partial charge is 0.467 e. The molecule has 1 unspecified atom stereocenters. The summed E-state index contributed by atoms with van der Waals surface area (Å²) in [5, 5.41) is 17.0. The van der Waals surface area contributed by atoms with Crippen LogP contribution in [0, 0.1) is 0 Å². The van der Waals surface area contributed by atoms with E-state index in [0.29, 0.717) is 17.7 Å². The van der Waals surface area contributed by atoms with E-state index >= 15 is 0 Å². The molecule has 0 saturated heterocycles. The number of furan rings is 1. The van der Waals surface area contributed by atoms with Crippen LogP contribution in [0.2, 0.25) is 0 Å². The van der Waals surface area contributed by atoms with Gasteiger partial charge in [-0.05, 0) is 30.7 Å². The molecule has 0 bridgehead atoms. The summed E-state index contributed by atoms with van der Waals surface area (Å²) in [6.45, 7) is 2.05. The van der Waals surface area contributed by atoms with Crippen molar-refractivity contribution in [2.45, 2.75) is 19.4 Å². The van der Waals surface area contributed by atoms with Crippen LogP contribution in [0.5, 0.6) is 0 Å². The van der Waals surface area contributed by atoms with Crippen molar-refractivity contribution >= 4 is 5.91 Å². The highest BCUT2D eigenvalue weighted by molar-refractivity contribution is 5.95. The van der Waals surface area contributed by atoms with Gasteiger partial charge < -0.3 is 14.8 Å². The van der Waals surface area contributed by atoms with Crippen LogP contribution in [0.4, 0.5) is 0 Å². The molecule has 0 aliphatic carbocycles. The number of carbonyl (C=O) groups is 1. The van der Waals surface area contributed by atoms with E-state index in [4.69, 9.17) is 4.42 Å². The zero-order chi connectivity index (χ0) is 16.9. The molecule has 0 radical (unpaired) electrons. The number of nitrogens with one attached hydrogen (secondary N) is 1. The predicted molar refractivity (Wildman–Crippen MR) is 88.9 cm³/mol. The van der Waals surface area contributed by atoms with Crippen LogP contribution in [0.25, 0.3) is 5.69 Å². The van der Waals surface area contributed by atoms with Gasteiger partial charge in [-0.2, -0.15) is 5.10 Å². The molecule has 1 amide bonds. The van der Waals surface area contributed by atoms with Gasteiger partial charge in [0.25, 0.3) is 5.91 Å². The summed E-state index contributed by atoms with van der Waals surface area (Å²) in [6.07, 6.45) is 2.83. The Morgan fingerprint density at radius 2 is 2.08 bits per heavy atom. The number of para-hydroxylation sites is 1. The van der Waals surface area contributed by atoms with E-state index in [1.165, 1.54) is 6.26 Å². The molecule has 6 nitrogen and oxygen atoms in total. The maximum Gasteiger partial charge on any atom is 0.254 e. The average molecular weight is 325 g/mol. The highest BCUT2D eigenvalue weighted by Crippen LogP contribution is 2.16. The molecule has 24 heavy (non-hydrogen) atoms. The van der Waals surface area contributed by atoms with Crippen LogP contribution in [0.15, 0.2) is 59.3 Å². The lowest BCUT2D eigenvalue weighted by atomic mass is 10.1. The molecule has 0 aliphatic rings. The first-order chi connectivity index (χ1) is 11.7. The van der Waals surface area contributed by atoms with Gasteiger partial charge in [0, 0.05) is 0 Å². The molecule has 124 valence electrons. The minimum atomic E-state index is -0.877. The number of benzene rings is 1. The van der Waals surface area contributed by atoms with Crippen molar-refractivity contribution in [1.82, 2.24) is 15.1 Å². The molecule has 2 N–H and O–H groups in total. The summed E-state index contributed by atoms with van der Waals surface area (Å²) in [5.41, 5.74) is 2.24. The lowest BCUT2D eigenvalue weighted by Crippen LogP contribution is -2.28. The first-order valence-corrected chi connectivity index (χ1v) is 7.82. The maximum atomic E-state index is 12.4. The molecule has 6 heteroatoms. The van der Waals surface area contributed by atoms with E-state index in [1.807, 2.05) is 37.3 Å². The highest BCUT2D eigenvalue weighted by atomic mass is 16.4. The van der Waals surface area contributed by atoms with Gasteiger partial charge in [0.2, 0.25) is 0 Å². The monoisotopic (exact) mass is 325 g/mol. The Hall–Kier alpha value is -2.86. The summed E-state index contributed by atoms with van der Waals surface area (Å²) < 4.78 is 6.88. The molecule has 0 spiro atoms. The quantitative estimate of drug-likeness (QED) is 0.730. The molecule has 1 aromatic carbocycles. The third-order valence-electron chi connectivity index (χ3n) is 3.78. The summed E-state index contributed by atoms with van der Waals surface area (Å²) >= 11 is 0. The fourth-order valence-corrected chi connectivity index (χ4v) is 2.56. The van der Waals surface area contributed by atoms with Gasteiger partial charge in [-0.15, -0.1) is 0 Å². The van der Waals surface area contributed by atoms with E-state index in [2.05, 4.69) is 10.4 Å². The second-order valence-corrected chi connectivity index (χ2v) is 5.35. The van der Waals surface area contributed by atoms with Crippen LogP contribution in [0.1, 0.15) is 34.8 Å². The Morgan fingerprint density at radius 1 is 1.29 bits per heavy atom. The first kappa shape index (κ1) is 16.0.